The van der Waals surface area contributed by atoms with Crippen molar-refractivity contribution in [1.29, 1.82) is 5.41 Å². The zero-order valence-electron chi connectivity index (χ0n) is 8.04. The van der Waals surface area contributed by atoms with Crippen LogP contribution in [-0.2, 0) is 0 Å². The molecule has 74 valence electrons. The van der Waals surface area contributed by atoms with Crippen molar-refractivity contribution >= 4 is 5.71 Å². The Labute approximate surface area is 73.9 Å². The quantitative estimate of drug-likeness (QED) is 0.459. The molecule has 0 rings (SSSR count). The third-order valence-corrected chi connectivity index (χ3v) is 1.27. The van der Waals surface area contributed by atoms with Crippen molar-refractivity contribution < 1.29 is 10.2 Å². The second kappa shape index (κ2) is 8.64. The van der Waals surface area contributed by atoms with Gasteiger partial charge >= 0.3 is 0 Å². The van der Waals surface area contributed by atoms with Gasteiger partial charge in [-0.25, -0.2) is 0 Å². The van der Waals surface area contributed by atoms with Crippen molar-refractivity contribution in [2.75, 3.05) is 6.54 Å². The van der Waals surface area contributed by atoms with Crippen LogP contribution in [0.3, 0.4) is 0 Å². The fourth-order valence-corrected chi connectivity index (χ4v) is 0.531. The van der Waals surface area contributed by atoms with Crippen LogP contribution >= 0.6 is 0 Å². The van der Waals surface area contributed by atoms with E-state index < -0.39 is 12.2 Å². The Kier molecular flexibility index (Phi) is 10.2. The maximum absolute atomic E-state index is 8.99. The first-order valence-electron chi connectivity index (χ1n) is 4.19. The Balaban J connectivity index is 0. The SMILES string of the molecule is CC.CC(=N)C(O)CC(O)CN. The van der Waals surface area contributed by atoms with Crippen molar-refractivity contribution in [3.8, 4) is 0 Å². The van der Waals surface area contributed by atoms with Crippen molar-refractivity contribution in [3.05, 3.63) is 0 Å². The van der Waals surface area contributed by atoms with E-state index in [1.54, 1.807) is 0 Å². The van der Waals surface area contributed by atoms with Crippen LogP contribution in [0, 0.1) is 5.41 Å². The molecule has 5 N–H and O–H groups in total. The van der Waals surface area contributed by atoms with Crippen molar-refractivity contribution in [3.63, 3.8) is 0 Å². The minimum atomic E-state index is -0.849. The molecule has 0 aromatic rings. The molecule has 0 saturated carbocycles. The van der Waals surface area contributed by atoms with Crippen LogP contribution in [0.15, 0.2) is 0 Å². The van der Waals surface area contributed by atoms with E-state index in [4.69, 9.17) is 21.4 Å². The lowest BCUT2D eigenvalue weighted by Gasteiger charge is -2.12. The van der Waals surface area contributed by atoms with E-state index in [9.17, 15) is 0 Å². The minimum absolute atomic E-state index is 0.129. The Morgan fingerprint density at radius 1 is 1.42 bits per heavy atom. The summed E-state index contributed by atoms with van der Waals surface area (Å²) >= 11 is 0. The van der Waals surface area contributed by atoms with Gasteiger partial charge in [-0.05, 0) is 6.92 Å². The van der Waals surface area contributed by atoms with Crippen molar-refractivity contribution in [1.82, 2.24) is 0 Å². The summed E-state index contributed by atoms with van der Waals surface area (Å²) in [4.78, 5) is 0. The molecular formula is C8H20N2O2. The maximum Gasteiger partial charge on any atom is 0.0936 e. The standard InChI is InChI=1S/C6H14N2O2.C2H6/c1-4(8)6(10)2-5(9)3-7;1-2/h5-6,8-10H,2-3,7H2,1H3;1-2H3. The Bertz CT molecular complexity index is 118. The number of nitrogens with one attached hydrogen (secondary N) is 1. The molecule has 0 radical (unpaired) electrons. The van der Waals surface area contributed by atoms with E-state index in [1.807, 2.05) is 13.8 Å². The summed E-state index contributed by atoms with van der Waals surface area (Å²) in [6.45, 7) is 5.62. The zero-order chi connectivity index (χ0) is 10.1. The van der Waals surface area contributed by atoms with Crippen LogP contribution in [0.5, 0.6) is 0 Å². The normalized spacial score (nSPS) is 14.2. The molecule has 4 heteroatoms. The monoisotopic (exact) mass is 176 g/mol. The number of hydrogen-bond donors (Lipinski definition) is 4. The molecule has 0 amide bonds. The van der Waals surface area contributed by atoms with E-state index in [1.165, 1.54) is 6.92 Å². The fraction of sp³-hybridized carbons (Fsp3) is 0.875. The third kappa shape index (κ3) is 7.65. The highest BCUT2D eigenvalue weighted by atomic mass is 16.3. The van der Waals surface area contributed by atoms with Crippen LogP contribution in [0.4, 0.5) is 0 Å². The van der Waals surface area contributed by atoms with E-state index in [0.717, 1.165) is 0 Å². The van der Waals surface area contributed by atoms with Crippen LogP contribution in [-0.4, -0.2) is 34.7 Å². The second-order valence-electron chi connectivity index (χ2n) is 2.32. The van der Waals surface area contributed by atoms with E-state index in [2.05, 4.69) is 0 Å². The Morgan fingerprint density at radius 2 is 1.83 bits per heavy atom. The van der Waals surface area contributed by atoms with Crippen LogP contribution in [0.1, 0.15) is 27.2 Å². The molecular weight excluding hydrogens is 156 g/mol. The smallest absolute Gasteiger partial charge is 0.0936 e. The number of hydrogen-bond acceptors (Lipinski definition) is 4. The summed E-state index contributed by atoms with van der Waals surface area (Å²) in [6, 6.07) is 0. The molecule has 0 heterocycles. The molecule has 0 spiro atoms. The summed E-state index contributed by atoms with van der Waals surface area (Å²) in [5.41, 5.74) is 5.25. The van der Waals surface area contributed by atoms with Crippen molar-refractivity contribution in [2.45, 2.75) is 39.4 Å². The average Bonchev–Trinajstić information content (AvgIpc) is 2.07. The lowest BCUT2D eigenvalue weighted by atomic mass is 10.1. The minimum Gasteiger partial charge on any atom is -0.392 e. The van der Waals surface area contributed by atoms with Gasteiger partial charge in [-0.3, -0.25) is 0 Å². The Hall–Kier alpha value is -0.450. The number of aliphatic hydroxyl groups excluding tert-OH is 2. The fourth-order valence-electron chi connectivity index (χ4n) is 0.531. The van der Waals surface area contributed by atoms with Gasteiger partial charge in [-0.1, -0.05) is 13.8 Å². The molecule has 0 aliphatic rings. The van der Waals surface area contributed by atoms with Gasteiger partial charge in [0, 0.05) is 18.7 Å². The highest BCUT2D eigenvalue weighted by Gasteiger charge is 2.11. The maximum atomic E-state index is 8.99. The first kappa shape index (κ1) is 14.1. The van der Waals surface area contributed by atoms with Gasteiger partial charge in [0.1, 0.15) is 0 Å². The third-order valence-electron chi connectivity index (χ3n) is 1.27. The molecule has 0 fully saturated rings. The van der Waals surface area contributed by atoms with E-state index >= 15 is 0 Å². The van der Waals surface area contributed by atoms with E-state index in [-0.39, 0.29) is 18.7 Å². The number of aliphatic hydroxyl groups is 2. The highest BCUT2D eigenvalue weighted by molar-refractivity contribution is 5.82. The highest BCUT2D eigenvalue weighted by Crippen LogP contribution is 1.97. The zero-order valence-corrected chi connectivity index (χ0v) is 8.04. The molecule has 12 heavy (non-hydrogen) atoms. The van der Waals surface area contributed by atoms with Gasteiger partial charge < -0.3 is 21.4 Å². The van der Waals surface area contributed by atoms with Crippen LogP contribution < -0.4 is 5.73 Å². The summed E-state index contributed by atoms with van der Waals surface area (Å²) in [5.74, 6) is 0. The van der Waals surface area contributed by atoms with Gasteiger partial charge in [-0.2, -0.15) is 0 Å². The topological polar surface area (TPSA) is 90.3 Å². The lowest BCUT2D eigenvalue weighted by Crippen LogP contribution is -2.28. The molecule has 0 aliphatic carbocycles. The van der Waals surface area contributed by atoms with Crippen LogP contribution in [0.25, 0.3) is 0 Å². The molecule has 0 aromatic heterocycles. The van der Waals surface area contributed by atoms with Gasteiger partial charge in [0.05, 0.1) is 12.2 Å². The second-order valence-corrected chi connectivity index (χ2v) is 2.32. The summed E-state index contributed by atoms with van der Waals surface area (Å²) in [7, 11) is 0. The van der Waals surface area contributed by atoms with Gasteiger partial charge in [-0.15, -0.1) is 0 Å². The number of rotatable bonds is 4. The molecule has 2 atom stereocenters. The largest absolute Gasteiger partial charge is 0.392 e. The first-order valence-corrected chi connectivity index (χ1v) is 4.19. The van der Waals surface area contributed by atoms with Gasteiger partial charge in [0.25, 0.3) is 0 Å². The first-order chi connectivity index (χ1) is 5.57. The van der Waals surface area contributed by atoms with Gasteiger partial charge in [0.2, 0.25) is 0 Å². The molecule has 0 bridgehead atoms. The average molecular weight is 176 g/mol. The van der Waals surface area contributed by atoms with Crippen LogP contribution in [0.2, 0.25) is 0 Å². The summed E-state index contributed by atoms with van der Waals surface area (Å²) in [6.07, 6.45) is -1.39. The Morgan fingerprint density at radius 3 is 2.08 bits per heavy atom. The predicted octanol–water partition coefficient (Wildman–Crippen LogP) is 0.123. The van der Waals surface area contributed by atoms with Crippen molar-refractivity contribution in [2.24, 2.45) is 5.73 Å². The number of nitrogens with two attached hydrogens (primary N) is 1. The van der Waals surface area contributed by atoms with Gasteiger partial charge in [0.15, 0.2) is 0 Å². The predicted molar refractivity (Wildman–Crippen MR) is 50.4 cm³/mol. The van der Waals surface area contributed by atoms with E-state index in [0.29, 0.717) is 0 Å². The summed E-state index contributed by atoms with van der Waals surface area (Å²) in [5, 5.41) is 24.9. The molecule has 4 nitrogen and oxygen atoms in total. The molecule has 0 aromatic carbocycles. The summed E-state index contributed by atoms with van der Waals surface area (Å²) < 4.78 is 0. The molecule has 2 unspecified atom stereocenters. The molecule has 0 aliphatic heterocycles. The molecule has 0 saturated heterocycles. The lowest BCUT2D eigenvalue weighted by molar-refractivity contribution is 0.117.